The Morgan fingerprint density at radius 3 is 1.32 bits per heavy atom. The largest absolute Gasteiger partial charge is 0.394 e. The van der Waals surface area contributed by atoms with E-state index >= 15 is 0 Å². The number of rotatable bonds is 45. The predicted molar refractivity (Wildman–Crippen MR) is 278 cm³/mol. The molecule has 0 saturated carbocycles. The topological polar surface area (TPSA) is 277 Å². The Balaban J connectivity index is 1.92. The third-order valence-electron chi connectivity index (χ3n) is 14.7. The molecule has 0 aromatic heterocycles. The average Bonchev–Trinajstić information content (AvgIpc) is 3.36. The number of amides is 2. The molecule has 2 rings (SSSR count). The Kier molecular flexibility index (Phi) is 38.4. The molecule has 11 N–H and O–H groups in total. The van der Waals surface area contributed by atoms with Gasteiger partial charge in [0, 0.05) is 6.92 Å². The van der Waals surface area contributed by atoms with Crippen LogP contribution in [0.2, 0.25) is 0 Å². The van der Waals surface area contributed by atoms with Crippen molar-refractivity contribution >= 4 is 11.8 Å². The summed E-state index contributed by atoms with van der Waals surface area (Å²) in [6.07, 6.45) is 18.6. The van der Waals surface area contributed by atoms with Crippen LogP contribution >= 0.6 is 0 Å². The molecule has 426 valence electrons. The third kappa shape index (κ3) is 27.5. The zero-order valence-electron chi connectivity index (χ0n) is 45.0. The molecule has 2 aliphatic heterocycles. The van der Waals surface area contributed by atoms with Crippen LogP contribution < -0.4 is 10.6 Å². The molecule has 72 heavy (non-hydrogen) atoms. The highest BCUT2D eigenvalue weighted by atomic mass is 16.7. The summed E-state index contributed by atoms with van der Waals surface area (Å²) >= 11 is 0. The molecule has 0 bridgehead atoms. The normalized spacial score (nSPS) is 26.3. The van der Waals surface area contributed by atoms with Crippen molar-refractivity contribution in [3.8, 4) is 0 Å². The molecule has 2 aliphatic rings. The van der Waals surface area contributed by atoms with E-state index in [4.69, 9.17) is 18.9 Å². The number of unbranched alkanes of at least 4 members (excludes halogenated alkanes) is 29. The van der Waals surface area contributed by atoms with E-state index in [1.165, 1.54) is 135 Å². The molecule has 2 saturated heterocycles. The summed E-state index contributed by atoms with van der Waals surface area (Å²) in [4.78, 5) is 25.5. The highest BCUT2D eigenvalue weighted by Crippen LogP contribution is 2.30. The lowest BCUT2D eigenvalue weighted by Gasteiger charge is -2.47. The first kappa shape index (κ1) is 66.5. The number of aliphatic hydroxyl groups excluding tert-OH is 9. The molecule has 14 atom stereocenters. The molecule has 0 aromatic rings. The van der Waals surface area contributed by atoms with Gasteiger partial charge in [-0.05, 0) is 12.8 Å². The Morgan fingerprint density at radius 2 is 0.903 bits per heavy atom. The van der Waals surface area contributed by atoms with Gasteiger partial charge >= 0.3 is 0 Å². The standard InChI is InChI=1S/C55H106N2O15/c1-4-6-8-10-12-14-16-17-18-19-20-21-22-23-24-26-28-30-32-34-36-43(62)53(68)57-41(47(63)42(61)35-33-31-29-27-25-15-13-11-9-7-5-2)39-69-55-51(67)52(49(65)45(38-59)71-55)72-54-46(56-40(3)60)50(66)48(64)44(37-58)70-54/h41-52,54-55,58-59,61-67H,4-39H2,1-3H3,(H,56,60)(H,57,68)/t41-,42+,43+,44+,45+,46+,47-,48-,49-,50+,51+,52-,54+,55-/m0/s1. The van der Waals surface area contributed by atoms with Crippen molar-refractivity contribution in [3.63, 3.8) is 0 Å². The lowest BCUT2D eigenvalue weighted by molar-refractivity contribution is -0.348. The minimum atomic E-state index is -1.85. The number of nitrogens with one attached hydrogen (secondary N) is 2. The molecule has 2 fully saturated rings. The Hall–Kier alpha value is -1.58. The third-order valence-corrected chi connectivity index (χ3v) is 14.7. The van der Waals surface area contributed by atoms with Gasteiger partial charge in [0.1, 0.15) is 61.0 Å². The van der Waals surface area contributed by atoms with Crippen LogP contribution in [-0.2, 0) is 28.5 Å². The monoisotopic (exact) mass is 1030 g/mol. The van der Waals surface area contributed by atoms with Gasteiger partial charge in [0.15, 0.2) is 12.6 Å². The Morgan fingerprint density at radius 1 is 0.514 bits per heavy atom. The van der Waals surface area contributed by atoms with E-state index in [9.17, 15) is 55.5 Å². The summed E-state index contributed by atoms with van der Waals surface area (Å²) in [6.45, 7) is 3.54. The summed E-state index contributed by atoms with van der Waals surface area (Å²) in [7, 11) is 0. The number of hydrogen-bond donors (Lipinski definition) is 11. The summed E-state index contributed by atoms with van der Waals surface area (Å²) < 4.78 is 23.2. The van der Waals surface area contributed by atoms with Crippen molar-refractivity contribution in [2.45, 2.75) is 318 Å². The van der Waals surface area contributed by atoms with Gasteiger partial charge in [0.25, 0.3) is 0 Å². The van der Waals surface area contributed by atoms with Crippen LogP contribution in [0.15, 0.2) is 0 Å². The first-order chi connectivity index (χ1) is 34.8. The first-order valence-electron chi connectivity index (χ1n) is 28.9. The van der Waals surface area contributed by atoms with Crippen molar-refractivity contribution in [1.82, 2.24) is 10.6 Å². The maximum absolute atomic E-state index is 13.4. The van der Waals surface area contributed by atoms with E-state index in [0.717, 1.165) is 58.3 Å². The summed E-state index contributed by atoms with van der Waals surface area (Å²) in [6, 6.07) is -2.71. The van der Waals surface area contributed by atoms with Gasteiger partial charge in [0.05, 0.1) is 32.0 Å². The maximum Gasteiger partial charge on any atom is 0.249 e. The van der Waals surface area contributed by atoms with Gasteiger partial charge in [-0.3, -0.25) is 9.59 Å². The molecule has 0 unspecified atom stereocenters. The minimum Gasteiger partial charge on any atom is -0.394 e. The van der Waals surface area contributed by atoms with Crippen molar-refractivity contribution in [3.05, 3.63) is 0 Å². The van der Waals surface area contributed by atoms with Gasteiger partial charge in [-0.15, -0.1) is 0 Å². The summed E-state index contributed by atoms with van der Waals surface area (Å²) in [5.74, 6) is -1.40. The number of carbonyl (C=O) groups is 2. The molecule has 0 spiro atoms. The molecule has 0 aromatic carbocycles. The Labute approximate surface area is 433 Å². The number of aliphatic hydroxyl groups is 9. The van der Waals surface area contributed by atoms with E-state index in [1.807, 2.05) is 0 Å². The molecule has 2 amide bonds. The molecule has 0 radical (unpaired) electrons. The van der Waals surface area contributed by atoms with E-state index in [2.05, 4.69) is 24.5 Å². The highest BCUT2D eigenvalue weighted by molar-refractivity contribution is 5.80. The van der Waals surface area contributed by atoms with Crippen LogP contribution in [-0.4, -0.2) is 163 Å². The average molecular weight is 1040 g/mol. The fourth-order valence-corrected chi connectivity index (χ4v) is 9.98. The van der Waals surface area contributed by atoms with Crippen LogP contribution in [0.4, 0.5) is 0 Å². The van der Waals surface area contributed by atoms with E-state index in [-0.39, 0.29) is 12.8 Å². The fourth-order valence-electron chi connectivity index (χ4n) is 9.98. The van der Waals surface area contributed by atoms with Crippen LogP contribution in [0, 0.1) is 0 Å². The zero-order valence-corrected chi connectivity index (χ0v) is 45.0. The number of hydrogen-bond acceptors (Lipinski definition) is 15. The smallest absolute Gasteiger partial charge is 0.249 e. The summed E-state index contributed by atoms with van der Waals surface area (Å²) in [5, 5.41) is 102. The second-order valence-corrected chi connectivity index (χ2v) is 21.1. The number of ether oxygens (including phenoxy) is 4. The van der Waals surface area contributed by atoms with Gasteiger partial charge in [-0.1, -0.05) is 213 Å². The quantitative estimate of drug-likeness (QED) is 0.0301. The molecule has 17 nitrogen and oxygen atoms in total. The van der Waals surface area contributed by atoms with E-state index in [0.29, 0.717) is 12.8 Å². The molecule has 2 heterocycles. The Bertz CT molecular complexity index is 1320. The number of carbonyl (C=O) groups excluding carboxylic acids is 2. The van der Waals surface area contributed by atoms with Crippen LogP contribution in [0.3, 0.4) is 0 Å². The van der Waals surface area contributed by atoms with Crippen molar-refractivity contribution in [1.29, 1.82) is 0 Å². The summed E-state index contributed by atoms with van der Waals surface area (Å²) in [5.41, 5.74) is 0. The van der Waals surface area contributed by atoms with Gasteiger partial charge in [-0.2, -0.15) is 0 Å². The fraction of sp³-hybridized carbons (Fsp3) is 0.964. The minimum absolute atomic E-state index is 0.195. The lowest BCUT2D eigenvalue weighted by atomic mass is 9.95. The van der Waals surface area contributed by atoms with Crippen LogP contribution in [0.1, 0.15) is 233 Å². The second kappa shape index (κ2) is 41.6. The van der Waals surface area contributed by atoms with Crippen molar-refractivity contribution < 1.29 is 74.5 Å². The van der Waals surface area contributed by atoms with E-state index in [1.54, 1.807) is 0 Å². The highest BCUT2D eigenvalue weighted by Gasteiger charge is 2.51. The van der Waals surface area contributed by atoms with Gasteiger partial charge in [0.2, 0.25) is 11.8 Å². The van der Waals surface area contributed by atoms with Crippen molar-refractivity contribution in [2.24, 2.45) is 0 Å². The van der Waals surface area contributed by atoms with E-state index < -0.39 is 117 Å². The first-order valence-corrected chi connectivity index (χ1v) is 28.9. The van der Waals surface area contributed by atoms with Crippen LogP contribution in [0.25, 0.3) is 0 Å². The van der Waals surface area contributed by atoms with Gasteiger partial charge < -0.3 is 75.5 Å². The van der Waals surface area contributed by atoms with Crippen molar-refractivity contribution in [2.75, 3.05) is 19.8 Å². The molecule has 0 aliphatic carbocycles. The van der Waals surface area contributed by atoms with Crippen LogP contribution in [0.5, 0.6) is 0 Å². The lowest BCUT2D eigenvalue weighted by Crippen LogP contribution is -2.68. The molecular formula is C55H106N2O15. The molecular weight excluding hydrogens is 929 g/mol. The SMILES string of the molecule is CCCCCCCCCCCCCCCCCCCCCC[C@@H](O)C(=O)N[C@@H](CO[C@H]1O[C@H](CO)[C@H](O)[C@H](O[C@H]2O[C@H](CO)[C@H](O)[C@H](O)[C@H]2NC(C)=O)[C@H]1O)[C@H](O)[C@H](O)CCCCCCCCCCCCC. The zero-order chi connectivity index (χ0) is 52.9. The second-order valence-electron chi connectivity index (χ2n) is 21.1. The molecule has 17 heteroatoms. The maximum atomic E-state index is 13.4. The van der Waals surface area contributed by atoms with Gasteiger partial charge in [-0.25, -0.2) is 0 Å². The predicted octanol–water partition coefficient (Wildman–Crippen LogP) is 6.25.